The van der Waals surface area contributed by atoms with Crippen LogP contribution in [0, 0.1) is 11.3 Å². The zero-order chi connectivity index (χ0) is 17.5. The van der Waals surface area contributed by atoms with E-state index in [9.17, 15) is 19.5 Å². The summed E-state index contributed by atoms with van der Waals surface area (Å²) in [4.78, 5) is 36.3. The number of rotatable bonds is 3. The van der Waals surface area contributed by atoms with Crippen LogP contribution in [0.25, 0.3) is 0 Å². The van der Waals surface area contributed by atoms with Crippen molar-refractivity contribution in [2.24, 2.45) is 11.3 Å². The topological polar surface area (TPSA) is 102 Å². The van der Waals surface area contributed by atoms with Crippen LogP contribution in [-0.4, -0.2) is 41.4 Å². The molecule has 0 aliphatic heterocycles. The fourth-order valence-corrected chi connectivity index (χ4v) is 4.06. The lowest BCUT2D eigenvalue weighted by molar-refractivity contribution is -0.152. The molecule has 1 unspecified atom stereocenters. The molecule has 0 aromatic rings. The Kier molecular flexibility index (Phi) is 4.34. The zero-order valence-electron chi connectivity index (χ0n) is 14.1. The third kappa shape index (κ3) is 3.14. The number of ether oxygens (including phenoxy) is 2. The Hall–Kier alpha value is -1.79. The molecule has 0 radical (unpaired) electrons. The lowest BCUT2D eigenvalue weighted by Gasteiger charge is -2.31. The summed E-state index contributed by atoms with van der Waals surface area (Å²) >= 11 is 0. The van der Waals surface area contributed by atoms with E-state index in [0.29, 0.717) is 6.42 Å². The number of nitrogens with one attached hydrogen (secondary N) is 1. The Labute approximate surface area is 135 Å². The number of hydrogen-bond acceptors (Lipinski definition) is 5. The molecule has 2 aliphatic rings. The monoisotopic (exact) mass is 327 g/mol. The highest BCUT2D eigenvalue weighted by Crippen LogP contribution is 2.58. The molecule has 2 aliphatic carbocycles. The van der Waals surface area contributed by atoms with Crippen LogP contribution >= 0.6 is 0 Å². The maximum absolute atomic E-state index is 12.3. The summed E-state index contributed by atoms with van der Waals surface area (Å²) in [5.41, 5.74) is -3.01. The fraction of sp³-hybridized carbons (Fsp3) is 0.812. The molecule has 1 amide bonds. The minimum Gasteiger partial charge on any atom is -0.481 e. The van der Waals surface area contributed by atoms with Gasteiger partial charge in [-0.1, -0.05) is 6.42 Å². The van der Waals surface area contributed by atoms with Gasteiger partial charge in [0.1, 0.15) is 11.1 Å². The molecule has 2 saturated carbocycles. The van der Waals surface area contributed by atoms with E-state index in [1.54, 1.807) is 20.8 Å². The van der Waals surface area contributed by atoms with Gasteiger partial charge in [-0.2, -0.15) is 0 Å². The molecule has 2 fully saturated rings. The van der Waals surface area contributed by atoms with Gasteiger partial charge in [-0.15, -0.1) is 0 Å². The van der Waals surface area contributed by atoms with Crippen molar-refractivity contribution in [2.45, 2.75) is 64.0 Å². The molecular weight excluding hydrogens is 302 g/mol. The quantitative estimate of drug-likeness (QED) is 0.770. The Morgan fingerprint density at radius 2 is 1.91 bits per heavy atom. The molecule has 0 bridgehead atoms. The maximum Gasteiger partial charge on any atom is 0.408 e. The zero-order valence-corrected chi connectivity index (χ0v) is 14.1. The SMILES string of the molecule is COC(=O)C1(NC(=O)OC(C)(C)C)C[C@H]2CCC[C@@]2(C(=O)O)C1. The second-order valence-electron chi connectivity index (χ2n) is 7.63. The minimum absolute atomic E-state index is 0.0475. The van der Waals surface area contributed by atoms with Crippen molar-refractivity contribution in [3.05, 3.63) is 0 Å². The molecule has 0 aromatic carbocycles. The third-order valence-corrected chi connectivity index (χ3v) is 4.91. The summed E-state index contributed by atoms with van der Waals surface area (Å²) < 4.78 is 10.1. The van der Waals surface area contributed by atoms with Crippen molar-refractivity contribution < 1.29 is 29.0 Å². The highest BCUT2D eigenvalue weighted by atomic mass is 16.6. The summed E-state index contributed by atoms with van der Waals surface area (Å²) in [5.74, 6) is -1.66. The van der Waals surface area contributed by atoms with Crippen molar-refractivity contribution >= 4 is 18.0 Å². The van der Waals surface area contributed by atoms with Crippen molar-refractivity contribution in [1.29, 1.82) is 0 Å². The summed E-state index contributed by atoms with van der Waals surface area (Å²) in [7, 11) is 1.24. The normalized spacial score (nSPS) is 33.0. The number of esters is 1. The highest BCUT2D eigenvalue weighted by molar-refractivity contribution is 5.89. The molecule has 23 heavy (non-hydrogen) atoms. The second kappa shape index (κ2) is 5.69. The number of carboxylic acid groups (broad SMARTS) is 1. The van der Waals surface area contributed by atoms with Crippen molar-refractivity contribution in [1.82, 2.24) is 5.32 Å². The second-order valence-corrected chi connectivity index (χ2v) is 7.63. The molecule has 0 heterocycles. The molecule has 7 heteroatoms. The number of hydrogen-bond donors (Lipinski definition) is 2. The van der Waals surface area contributed by atoms with Gasteiger partial charge in [0.25, 0.3) is 0 Å². The lowest BCUT2D eigenvalue weighted by atomic mass is 9.79. The van der Waals surface area contributed by atoms with E-state index >= 15 is 0 Å². The molecule has 0 saturated heterocycles. The van der Waals surface area contributed by atoms with Gasteiger partial charge in [0.15, 0.2) is 0 Å². The van der Waals surface area contributed by atoms with Crippen molar-refractivity contribution in [2.75, 3.05) is 7.11 Å². The summed E-state index contributed by atoms with van der Waals surface area (Å²) in [6, 6.07) is 0. The number of amides is 1. The first-order valence-electron chi connectivity index (χ1n) is 7.88. The Morgan fingerprint density at radius 3 is 2.39 bits per heavy atom. The molecule has 130 valence electrons. The van der Waals surface area contributed by atoms with Gasteiger partial charge in [-0.25, -0.2) is 9.59 Å². The van der Waals surface area contributed by atoms with E-state index in [1.165, 1.54) is 7.11 Å². The van der Waals surface area contributed by atoms with Gasteiger partial charge in [0.05, 0.1) is 12.5 Å². The largest absolute Gasteiger partial charge is 0.481 e. The summed E-state index contributed by atoms with van der Waals surface area (Å²) in [6.07, 6.45) is 1.66. The minimum atomic E-state index is -1.33. The van der Waals surface area contributed by atoms with Crippen LogP contribution in [-0.2, 0) is 19.1 Å². The highest BCUT2D eigenvalue weighted by Gasteiger charge is 2.64. The van der Waals surface area contributed by atoms with Gasteiger partial charge in [-0.05, 0) is 52.4 Å². The van der Waals surface area contributed by atoms with Gasteiger partial charge in [0.2, 0.25) is 0 Å². The van der Waals surface area contributed by atoms with E-state index in [-0.39, 0.29) is 18.8 Å². The number of alkyl carbamates (subject to hydrolysis) is 1. The third-order valence-electron chi connectivity index (χ3n) is 4.91. The van der Waals surface area contributed by atoms with Crippen LogP contribution in [0.3, 0.4) is 0 Å². The van der Waals surface area contributed by atoms with Gasteiger partial charge in [0, 0.05) is 0 Å². The van der Waals surface area contributed by atoms with Gasteiger partial charge < -0.3 is 19.9 Å². The first-order chi connectivity index (χ1) is 10.5. The molecule has 0 spiro atoms. The van der Waals surface area contributed by atoms with E-state index in [2.05, 4.69) is 5.32 Å². The fourth-order valence-electron chi connectivity index (χ4n) is 4.06. The average molecular weight is 327 g/mol. The first-order valence-corrected chi connectivity index (χ1v) is 7.88. The summed E-state index contributed by atoms with van der Waals surface area (Å²) in [6.45, 7) is 5.17. The van der Waals surface area contributed by atoms with Gasteiger partial charge >= 0.3 is 18.0 Å². The Bertz CT molecular complexity index is 525. The Morgan fingerprint density at radius 1 is 1.26 bits per heavy atom. The standard InChI is InChI=1S/C16H25NO6/c1-14(2,3)23-13(21)17-16(12(20)22-4)8-10-6-5-7-15(10,9-16)11(18)19/h10H,5-9H2,1-4H3,(H,17,21)(H,18,19)/t10-,15-,16?/m1/s1. The average Bonchev–Trinajstić information content (AvgIpc) is 2.91. The number of carboxylic acids is 1. The number of fused-ring (bicyclic) bond motifs is 1. The van der Waals surface area contributed by atoms with E-state index in [0.717, 1.165) is 12.8 Å². The molecular formula is C16H25NO6. The van der Waals surface area contributed by atoms with Crippen LogP contribution < -0.4 is 5.32 Å². The molecule has 2 rings (SSSR count). The predicted octanol–water partition coefficient (Wildman–Crippen LogP) is 2.09. The molecule has 2 N–H and O–H groups in total. The summed E-state index contributed by atoms with van der Waals surface area (Å²) in [5, 5.41) is 12.3. The number of carbonyl (C=O) groups is 3. The lowest BCUT2D eigenvalue weighted by Crippen LogP contribution is -2.55. The number of aliphatic carboxylic acids is 1. The van der Waals surface area contributed by atoms with E-state index in [4.69, 9.17) is 9.47 Å². The predicted molar refractivity (Wildman–Crippen MR) is 80.8 cm³/mol. The van der Waals surface area contributed by atoms with Crippen molar-refractivity contribution in [3.63, 3.8) is 0 Å². The van der Waals surface area contributed by atoms with Crippen LogP contribution in [0.1, 0.15) is 52.9 Å². The van der Waals surface area contributed by atoms with Crippen LogP contribution in [0.2, 0.25) is 0 Å². The molecule has 7 nitrogen and oxygen atoms in total. The molecule has 0 aromatic heterocycles. The Balaban J connectivity index is 2.27. The van der Waals surface area contributed by atoms with Crippen LogP contribution in [0.15, 0.2) is 0 Å². The van der Waals surface area contributed by atoms with Gasteiger partial charge in [-0.3, -0.25) is 4.79 Å². The van der Waals surface area contributed by atoms with Crippen molar-refractivity contribution in [3.8, 4) is 0 Å². The van der Waals surface area contributed by atoms with Crippen LogP contribution in [0.5, 0.6) is 0 Å². The van der Waals surface area contributed by atoms with E-state index in [1.807, 2.05) is 0 Å². The number of methoxy groups -OCH3 is 1. The maximum atomic E-state index is 12.3. The molecule has 3 atom stereocenters. The first kappa shape index (κ1) is 17.6. The van der Waals surface area contributed by atoms with E-state index < -0.39 is 34.6 Å². The number of carbonyl (C=O) groups excluding carboxylic acids is 2. The smallest absolute Gasteiger partial charge is 0.408 e. The van der Waals surface area contributed by atoms with Crippen LogP contribution in [0.4, 0.5) is 4.79 Å².